The molecular weight excluding hydrogens is 170 g/mol. The molecule has 0 radical (unpaired) electrons. The lowest BCUT2D eigenvalue weighted by atomic mass is 10.1. The SMILES string of the molecule is C[C@H]1Cc2cc([N+](=O)[O-])ccc2O1. The van der Waals surface area contributed by atoms with Crippen LogP contribution in [0, 0.1) is 10.1 Å². The van der Waals surface area contributed by atoms with Gasteiger partial charge in [-0.2, -0.15) is 0 Å². The maximum atomic E-state index is 10.4. The molecule has 2 rings (SSSR count). The second-order valence-corrected chi connectivity index (χ2v) is 3.18. The third kappa shape index (κ3) is 1.35. The highest BCUT2D eigenvalue weighted by Crippen LogP contribution is 2.31. The molecule has 1 heterocycles. The highest BCUT2D eigenvalue weighted by molar-refractivity contribution is 5.46. The fourth-order valence-electron chi connectivity index (χ4n) is 1.52. The summed E-state index contributed by atoms with van der Waals surface area (Å²) >= 11 is 0. The molecule has 0 unspecified atom stereocenters. The second-order valence-electron chi connectivity index (χ2n) is 3.18. The molecule has 1 atom stereocenters. The Hall–Kier alpha value is -1.58. The molecule has 0 aliphatic carbocycles. The fraction of sp³-hybridized carbons (Fsp3) is 0.333. The van der Waals surface area contributed by atoms with Crippen molar-refractivity contribution in [3.8, 4) is 5.75 Å². The predicted molar refractivity (Wildman–Crippen MR) is 46.9 cm³/mol. The number of nitro groups is 1. The summed E-state index contributed by atoms with van der Waals surface area (Å²) in [6.07, 6.45) is 0.897. The van der Waals surface area contributed by atoms with Crippen molar-refractivity contribution >= 4 is 5.69 Å². The van der Waals surface area contributed by atoms with Gasteiger partial charge in [0, 0.05) is 24.1 Å². The van der Waals surface area contributed by atoms with E-state index in [0.29, 0.717) is 0 Å². The van der Waals surface area contributed by atoms with Gasteiger partial charge in [-0.25, -0.2) is 0 Å². The van der Waals surface area contributed by atoms with Gasteiger partial charge in [0.15, 0.2) is 0 Å². The smallest absolute Gasteiger partial charge is 0.269 e. The number of hydrogen-bond donors (Lipinski definition) is 0. The van der Waals surface area contributed by atoms with E-state index in [0.717, 1.165) is 17.7 Å². The molecule has 0 aromatic heterocycles. The van der Waals surface area contributed by atoms with Crippen molar-refractivity contribution < 1.29 is 9.66 Å². The van der Waals surface area contributed by atoms with E-state index in [1.165, 1.54) is 6.07 Å². The average molecular weight is 179 g/mol. The van der Waals surface area contributed by atoms with Crippen molar-refractivity contribution in [3.63, 3.8) is 0 Å². The van der Waals surface area contributed by atoms with Gasteiger partial charge in [-0.1, -0.05) is 0 Å². The van der Waals surface area contributed by atoms with Crippen molar-refractivity contribution in [2.45, 2.75) is 19.4 Å². The van der Waals surface area contributed by atoms with Crippen LogP contribution in [-0.2, 0) is 6.42 Å². The Labute approximate surface area is 75.3 Å². The van der Waals surface area contributed by atoms with E-state index in [9.17, 15) is 10.1 Å². The molecule has 0 amide bonds. The summed E-state index contributed by atoms with van der Waals surface area (Å²) < 4.78 is 5.42. The summed E-state index contributed by atoms with van der Waals surface area (Å²) in [5, 5.41) is 10.4. The van der Waals surface area contributed by atoms with Crippen LogP contribution in [0.5, 0.6) is 5.75 Å². The van der Waals surface area contributed by atoms with Gasteiger partial charge in [-0.15, -0.1) is 0 Å². The van der Waals surface area contributed by atoms with E-state index in [4.69, 9.17) is 4.74 Å². The summed E-state index contributed by atoms with van der Waals surface area (Å²) in [4.78, 5) is 10.1. The molecule has 0 N–H and O–H groups in total. The molecule has 4 nitrogen and oxygen atoms in total. The van der Waals surface area contributed by atoms with Gasteiger partial charge in [0.05, 0.1) is 4.92 Å². The Bertz CT molecular complexity index is 362. The highest BCUT2D eigenvalue weighted by atomic mass is 16.6. The standard InChI is InChI=1S/C9H9NO3/c1-6-4-7-5-8(10(11)12)2-3-9(7)13-6/h2-3,5-6H,4H2,1H3/t6-/m0/s1. The molecule has 0 bridgehead atoms. The van der Waals surface area contributed by atoms with E-state index in [-0.39, 0.29) is 16.7 Å². The summed E-state index contributed by atoms with van der Waals surface area (Å²) in [6, 6.07) is 4.71. The lowest BCUT2D eigenvalue weighted by Crippen LogP contribution is -2.05. The molecule has 1 aromatic rings. The van der Waals surface area contributed by atoms with Crippen LogP contribution in [0.25, 0.3) is 0 Å². The highest BCUT2D eigenvalue weighted by Gasteiger charge is 2.21. The maximum Gasteiger partial charge on any atom is 0.269 e. The van der Waals surface area contributed by atoms with Gasteiger partial charge in [0.25, 0.3) is 5.69 Å². The quantitative estimate of drug-likeness (QED) is 0.488. The zero-order valence-electron chi connectivity index (χ0n) is 7.19. The van der Waals surface area contributed by atoms with Gasteiger partial charge in [-0.3, -0.25) is 10.1 Å². The molecule has 13 heavy (non-hydrogen) atoms. The van der Waals surface area contributed by atoms with Gasteiger partial charge in [0.2, 0.25) is 0 Å². The largest absolute Gasteiger partial charge is 0.490 e. The predicted octanol–water partition coefficient (Wildman–Crippen LogP) is 1.92. The van der Waals surface area contributed by atoms with Crippen molar-refractivity contribution in [2.24, 2.45) is 0 Å². The molecule has 0 saturated heterocycles. The monoisotopic (exact) mass is 179 g/mol. The van der Waals surface area contributed by atoms with Crippen LogP contribution in [0.4, 0.5) is 5.69 Å². The number of nitro benzene ring substituents is 1. The van der Waals surface area contributed by atoms with Crippen LogP contribution in [0.15, 0.2) is 18.2 Å². The normalized spacial score (nSPS) is 19.3. The number of nitrogens with zero attached hydrogens (tertiary/aromatic N) is 1. The molecule has 68 valence electrons. The Kier molecular flexibility index (Phi) is 1.69. The summed E-state index contributed by atoms with van der Waals surface area (Å²) in [6.45, 7) is 1.95. The third-order valence-corrected chi connectivity index (χ3v) is 2.09. The number of non-ortho nitro benzene ring substituents is 1. The maximum absolute atomic E-state index is 10.4. The van der Waals surface area contributed by atoms with Gasteiger partial charge in [0.1, 0.15) is 11.9 Å². The van der Waals surface area contributed by atoms with Crippen molar-refractivity contribution in [2.75, 3.05) is 0 Å². The molecular formula is C9H9NO3. The van der Waals surface area contributed by atoms with Gasteiger partial charge >= 0.3 is 0 Å². The number of rotatable bonds is 1. The van der Waals surface area contributed by atoms with Crippen LogP contribution in [0.1, 0.15) is 12.5 Å². The zero-order valence-corrected chi connectivity index (χ0v) is 7.19. The van der Waals surface area contributed by atoms with Gasteiger partial charge < -0.3 is 4.74 Å². The molecule has 1 aliphatic rings. The zero-order chi connectivity index (χ0) is 9.42. The first-order valence-electron chi connectivity index (χ1n) is 4.11. The minimum atomic E-state index is -0.386. The number of benzene rings is 1. The average Bonchev–Trinajstić information content (AvgIpc) is 2.42. The molecule has 0 saturated carbocycles. The van der Waals surface area contributed by atoms with Gasteiger partial charge in [-0.05, 0) is 13.0 Å². The van der Waals surface area contributed by atoms with Crippen LogP contribution in [-0.4, -0.2) is 11.0 Å². The van der Waals surface area contributed by atoms with Crippen molar-refractivity contribution in [1.82, 2.24) is 0 Å². The Morgan fingerprint density at radius 3 is 3.08 bits per heavy atom. The molecule has 0 fully saturated rings. The van der Waals surface area contributed by atoms with E-state index in [1.807, 2.05) is 6.92 Å². The lowest BCUT2D eigenvalue weighted by Gasteiger charge is -2.00. The Morgan fingerprint density at radius 1 is 1.62 bits per heavy atom. The molecule has 0 spiro atoms. The van der Waals surface area contributed by atoms with E-state index < -0.39 is 0 Å². The first-order valence-corrected chi connectivity index (χ1v) is 4.11. The Morgan fingerprint density at radius 2 is 2.38 bits per heavy atom. The first kappa shape index (κ1) is 8.04. The van der Waals surface area contributed by atoms with Crippen LogP contribution >= 0.6 is 0 Å². The Balaban J connectivity index is 2.40. The van der Waals surface area contributed by atoms with Crippen molar-refractivity contribution in [3.05, 3.63) is 33.9 Å². The second kappa shape index (κ2) is 2.73. The van der Waals surface area contributed by atoms with E-state index in [2.05, 4.69) is 0 Å². The number of fused-ring (bicyclic) bond motifs is 1. The molecule has 4 heteroatoms. The van der Waals surface area contributed by atoms with Crippen molar-refractivity contribution in [1.29, 1.82) is 0 Å². The summed E-state index contributed by atoms with van der Waals surface area (Å²) in [5.74, 6) is 0.776. The van der Waals surface area contributed by atoms with Crippen LogP contribution < -0.4 is 4.74 Å². The van der Waals surface area contributed by atoms with E-state index in [1.54, 1.807) is 12.1 Å². The molecule has 1 aromatic carbocycles. The number of hydrogen-bond acceptors (Lipinski definition) is 3. The number of ether oxygens (including phenoxy) is 1. The third-order valence-electron chi connectivity index (χ3n) is 2.09. The lowest BCUT2D eigenvalue weighted by molar-refractivity contribution is -0.384. The van der Waals surface area contributed by atoms with Crippen LogP contribution in [0.3, 0.4) is 0 Å². The topological polar surface area (TPSA) is 52.4 Å². The first-order chi connectivity index (χ1) is 6.16. The fourth-order valence-corrected chi connectivity index (χ4v) is 1.52. The minimum absolute atomic E-state index is 0.136. The van der Waals surface area contributed by atoms with E-state index >= 15 is 0 Å². The molecule has 1 aliphatic heterocycles. The summed E-state index contributed by atoms with van der Waals surface area (Å²) in [5.41, 5.74) is 1.07. The summed E-state index contributed by atoms with van der Waals surface area (Å²) in [7, 11) is 0. The van der Waals surface area contributed by atoms with Crippen LogP contribution in [0.2, 0.25) is 0 Å². The minimum Gasteiger partial charge on any atom is -0.490 e.